The molecule has 0 radical (unpaired) electrons. The van der Waals surface area contributed by atoms with Crippen LogP contribution in [0.15, 0.2) is 47.4 Å². The highest BCUT2D eigenvalue weighted by atomic mass is 35.5. The van der Waals surface area contributed by atoms with E-state index >= 15 is 0 Å². The third kappa shape index (κ3) is 3.85. The van der Waals surface area contributed by atoms with E-state index in [-0.39, 0.29) is 20.7 Å². The second-order valence-corrected chi connectivity index (χ2v) is 8.72. The predicted octanol–water partition coefficient (Wildman–Crippen LogP) is 4.45. The number of rotatable bonds is 4. The Kier molecular flexibility index (Phi) is 5.11. The van der Waals surface area contributed by atoms with Crippen LogP contribution in [-0.4, -0.2) is 19.6 Å². The summed E-state index contributed by atoms with van der Waals surface area (Å²) in [5.41, 5.74) is 0.261. The van der Waals surface area contributed by atoms with Gasteiger partial charge in [-0.2, -0.15) is 0 Å². The molecule has 0 spiro atoms. The molecule has 0 saturated heterocycles. The minimum atomic E-state index is -3.33. The van der Waals surface area contributed by atoms with Gasteiger partial charge in [-0.05, 0) is 55.3 Å². The van der Waals surface area contributed by atoms with Crippen molar-refractivity contribution in [1.82, 2.24) is 0 Å². The normalized spacial score (nSPS) is 15.3. The Morgan fingerprint density at radius 1 is 1.08 bits per heavy atom. The summed E-state index contributed by atoms with van der Waals surface area (Å²) in [6, 6.07) is 9.75. The zero-order chi connectivity index (χ0) is 18.0. The average Bonchev–Trinajstić information content (AvgIpc) is 3.10. The van der Waals surface area contributed by atoms with Crippen molar-refractivity contribution in [2.24, 2.45) is 0 Å². The molecule has 4 nitrogen and oxygen atoms in total. The molecule has 0 bridgehead atoms. The van der Waals surface area contributed by atoms with Crippen LogP contribution in [0.1, 0.15) is 36.0 Å². The average molecular weight is 382 g/mol. The molecule has 1 saturated carbocycles. The smallest absolute Gasteiger partial charge is 0.258 e. The molecule has 1 aliphatic carbocycles. The van der Waals surface area contributed by atoms with Gasteiger partial charge in [0.15, 0.2) is 9.84 Å². The van der Waals surface area contributed by atoms with Gasteiger partial charge in [0.1, 0.15) is 5.82 Å². The van der Waals surface area contributed by atoms with Crippen LogP contribution in [0.3, 0.4) is 0 Å². The van der Waals surface area contributed by atoms with Gasteiger partial charge < -0.3 is 5.32 Å². The van der Waals surface area contributed by atoms with Crippen molar-refractivity contribution in [3.8, 4) is 0 Å². The van der Waals surface area contributed by atoms with Crippen LogP contribution < -0.4 is 5.32 Å². The maximum absolute atomic E-state index is 13.8. The molecule has 0 aliphatic heterocycles. The van der Waals surface area contributed by atoms with Gasteiger partial charge in [-0.1, -0.05) is 24.4 Å². The number of carbonyl (C=O) groups excluding carboxylic acids is 1. The Bertz CT molecular complexity index is 891. The monoisotopic (exact) mass is 381 g/mol. The zero-order valence-electron chi connectivity index (χ0n) is 13.3. The molecule has 132 valence electrons. The molecule has 0 heterocycles. The van der Waals surface area contributed by atoms with E-state index in [1.165, 1.54) is 36.4 Å². The third-order valence-corrected chi connectivity index (χ3v) is 6.87. The summed E-state index contributed by atoms with van der Waals surface area (Å²) in [5.74, 6) is -1.34. The summed E-state index contributed by atoms with van der Waals surface area (Å²) in [5, 5.41) is 2.43. The van der Waals surface area contributed by atoms with Crippen molar-refractivity contribution in [3.05, 3.63) is 58.9 Å². The predicted molar refractivity (Wildman–Crippen MR) is 95.2 cm³/mol. The van der Waals surface area contributed by atoms with Crippen LogP contribution in [0.25, 0.3) is 0 Å². The van der Waals surface area contributed by atoms with Crippen molar-refractivity contribution < 1.29 is 17.6 Å². The van der Waals surface area contributed by atoms with E-state index in [0.717, 1.165) is 18.9 Å². The van der Waals surface area contributed by atoms with Crippen LogP contribution in [0.4, 0.5) is 10.1 Å². The number of hydrogen-bond donors (Lipinski definition) is 1. The van der Waals surface area contributed by atoms with Gasteiger partial charge in [-0.25, -0.2) is 12.8 Å². The summed E-state index contributed by atoms with van der Waals surface area (Å²) in [6.45, 7) is 0. The number of halogens is 2. The van der Waals surface area contributed by atoms with E-state index in [1.807, 2.05) is 0 Å². The summed E-state index contributed by atoms with van der Waals surface area (Å²) in [7, 11) is -3.33. The maximum atomic E-state index is 13.8. The van der Waals surface area contributed by atoms with E-state index < -0.39 is 21.6 Å². The van der Waals surface area contributed by atoms with Crippen LogP contribution in [0.2, 0.25) is 5.02 Å². The van der Waals surface area contributed by atoms with Crippen LogP contribution in [0.5, 0.6) is 0 Å². The lowest BCUT2D eigenvalue weighted by Crippen LogP contribution is -2.18. The van der Waals surface area contributed by atoms with Crippen LogP contribution in [-0.2, 0) is 9.84 Å². The summed E-state index contributed by atoms with van der Waals surface area (Å²) in [6.07, 6.45) is 3.25. The van der Waals surface area contributed by atoms with Gasteiger partial charge in [0.05, 0.1) is 15.7 Å². The number of carbonyl (C=O) groups is 1. The van der Waals surface area contributed by atoms with Gasteiger partial charge in [-0.3, -0.25) is 4.79 Å². The first kappa shape index (κ1) is 17.9. The van der Waals surface area contributed by atoms with E-state index in [1.54, 1.807) is 0 Å². The fourth-order valence-corrected chi connectivity index (χ4v) is 5.00. The van der Waals surface area contributed by atoms with E-state index in [0.29, 0.717) is 18.5 Å². The molecule has 0 atom stereocenters. The second-order valence-electron chi connectivity index (χ2n) is 6.05. The number of benzene rings is 2. The van der Waals surface area contributed by atoms with Crippen molar-refractivity contribution >= 4 is 33.0 Å². The second kappa shape index (κ2) is 7.14. The summed E-state index contributed by atoms with van der Waals surface area (Å²) in [4.78, 5) is 12.4. The number of sulfone groups is 1. The number of hydrogen-bond acceptors (Lipinski definition) is 3. The Hall–Kier alpha value is -1.92. The van der Waals surface area contributed by atoms with Crippen LogP contribution >= 0.6 is 11.6 Å². The Morgan fingerprint density at radius 3 is 2.32 bits per heavy atom. The van der Waals surface area contributed by atoms with E-state index in [2.05, 4.69) is 5.32 Å². The fourth-order valence-electron chi connectivity index (χ4n) is 2.99. The first-order valence-corrected chi connectivity index (χ1v) is 9.91. The zero-order valence-corrected chi connectivity index (χ0v) is 14.9. The minimum Gasteiger partial charge on any atom is -0.322 e. The van der Waals surface area contributed by atoms with Gasteiger partial charge in [0.2, 0.25) is 0 Å². The quantitative estimate of drug-likeness (QED) is 0.851. The third-order valence-electron chi connectivity index (χ3n) is 4.36. The molecular weight excluding hydrogens is 365 g/mol. The van der Waals surface area contributed by atoms with Gasteiger partial charge in [0.25, 0.3) is 5.91 Å². The lowest BCUT2D eigenvalue weighted by atomic mass is 10.2. The standard InChI is InChI=1S/C18H17ClFNO3S/c19-12-5-10-16(17(20)11-12)18(22)21-13-6-8-15(9-7-13)25(23,24)14-3-1-2-4-14/h5-11,14H,1-4H2,(H,21,22). The highest BCUT2D eigenvalue weighted by molar-refractivity contribution is 7.92. The van der Waals surface area contributed by atoms with Gasteiger partial charge in [0, 0.05) is 10.7 Å². The topological polar surface area (TPSA) is 63.2 Å². The Labute approximate surface area is 150 Å². The highest BCUT2D eigenvalue weighted by Crippen LogP contribution is 2.30. The molecule has 1 amide bonds. The van der Waals surface area contributed by atoms with Gasteiger partial charge >= 0.3 is 0 Å². The van der Waals surface area contributed by atoms with Crippen molar-refractivity contribution in [2.75, 3.05) is 5.32 Å². The molecule has 7 heteroatoms. The number of nitrogens with one attached hydrogen (secondary N) is 1. The largest absolute Gasteiger partial charge is 0.322 e. The molecular formula is C18H17ClFNO3S. The molecule has 0 aromatic heterocycles. The number of anilines is 1. The highest BCUT2D eigenvalue weighted by Gasteiger charge is 2.30. The molecule has 2 aromatic rings. The SMILES string of the molecule is O=C(Nc1ccc(S(=O)(=O)C2CCCC2)cc1)c1ccc(Cl)cc1F. The fraction of sp³-hybridized carbons (Fsp3) is 0.278. The molecule has 25 heavy (non-hydrogen) atoms. The lowest BCUT2D eigenvalue weighted by Gasteiger charge is -2.12. The number of amides is 1. The maximum Gasteiger partial charge on any atom is 0.258 e. The lowest BCUT2D eigenvalue weighted by molar-refractivity contribution is 0.102. The molecule has 1 aliphatic rings. The molecule has 0 unspecified atom stereocenters. The first-order chi connectivity index (χ1) is 11.9. The summed E-state index contributed by atoms with van der Waals surface area (Å²) < 4.78 is 38.8. The van der Waals surface area contributed by atoms with Gasteiger partial charge in [-0.15, -0.1) is 0 Å². The molecule has 3 rings (SSSR count). The van der Waals surface area contributed by atoms with E-state index in [9.17, 15) is 17.6 Å². The molecule has 2 aromatic carbocycles. The molecule has 1 N–H and O–H groups in total. The van der Waals surface area contributed by atoms with Crippen molar-refractivity contribution in [1.29, 1.82) is 0 Å². The van der Waals surface area contributed by atoms with Crippen LogP contribution in [0, 0.1) is 5.82 Å². The van der Waals surface area contributed by atoms with Crippen molar-refractivity contribution in [3.63, 3.8) is 0 Å². The van der Waals surface area contributed by atoms with Crippen molar-refractivity contribution in [2.45, 2.75) is 35.8 Å². The first-order valence-electron chi connectivity index (χ1n) is 7.98. The van der Waals surface area contributed by atoms with E-state index in [4.69, 9.17) is 11.6 Å². The minimum absolute atomic E-state index is 0.132. The Morgan fingerprint density at radius 2 is 1.72 bits per heavy atom. The Balaban J connectivity index is 1.75. The summed E-state index contributed by atoms with van der Waals surface area (Å²) >= 11 is 5.67. The molecule has 1 fully saturated rings.